The van der Waals surface area contributed by atoms with Crippen molar-refractivity contribution in [1.82, 2.24) is 30.4 Å². The molecule has 2 aromatic heterocycles. The standard InChI is InChI=1S/C11H9ClN6/c1-7-10(6-13-14-7)11-15-16-17-18(11)9-4-2-8(12)3-5-9/h2-6H,1H3,(H,13,14). The smallest absolute Gasteiger partial charge is 0.190 e. The van der Waals surface area contributed by atoms with Crippen LogP contribution in [0.3, 0.4) is 0 Å². The van der Waals surface area contributed by atoms with E-state index in [0.29, 0.717) is 10.8 Å². The molecule has 0 unspecified atom stereocenters. The Morgan fingerprint density at radius 3 is 2.67 bits per heavy atom. The summed E-state index contributed by atoms with van der Waals surface area (Å²) in [5.41, 5.74) is 2.63. The molecule has 0 radical (unpaired) electrons. The summed E-state index contributed by atoms with van der Waals surface area (Å²) in [6.45, 7) is 1.92. The summed E-state index contributed by atoms with van der Waals surface area (Å²) in [6, 6.07) is 7.31. The summed E-state index contributed by atoms with van der Waals surface area (Å²) in [5, 5.41) is 19.2. The number of hydrogen-bond acceptors (Lipinski definition) is 4. The van der Waals surface area contributed by atoms with Crippen LogP contribution in [0.15, 0.2) is 30.5 Å². The van der Waals surface area contributed by atoms with Crippen LogP contribution in [0.1, 0.15) is 5.69 Å². The maximum Gasteiger partial charge on any atom is 0.190 e. The third-order valence-corrected chi connectivity index (χ3v) is 2.86. The van der Waals surface area contributed by atoms with Gasteiger partial charge in [0.2, 0.25) is 0 Å². The quantitative estimate of drug-likeness (QED) is 0.765. The Labute approximate surface area is 108 Å². The molecule has 3 aromatic rings. The van der Waals surface area contributed by atoms with Crippen LogP contribution in [0.5, 0.6) is 0 Å². The van der Waals surface area contributed by atoms with Crippen molar-refractivity contribution in [2.75, 3.05) is 0 Å². The van der Waals surface area contributed by atoms with Crippen molar-refractivity contribution in [3.63, 3.8) is 0 Å². The van der Waals surface area contributed by atoms with Crippen molar-refractivity contribution in [2.45, 2.75) is 6.92 Å². The zero-order valence-electron chi connectivity index (χ0n) is 9.50. The molecule has 0 fully saturated rings. The van der Waals surface area contributed by atoms with Gasteiger partial charge < -0.3 is 0 Å². The van der Waals surface area contributed by atoms with E-state index < -0.39 is 0 Å². The van der Waals surface area contributed by atoms with Crippen molar-refractivity contribution >= 4 is 11.6 Å². The van der Waals surface area contributed by atoms with Crippen LogP contribution in [0, 0.1) is 6.92 Å². The number of tetrazole rings is 1. The lowest BCUT2D eigenvalue weighted by Gasteiger charge is -2.03. The van der Waals surface area contributed by atoms with E-state index in [9.17, 15) is 0 Å². The van der Waals surface area contributed by atoms with E-state index in [1.54, 1.807) is 23.0 Å². The van der Waals surface area contributed by atoms with Gasteiger partial charge in [-0.15, -0.1) is 5.10 Å². The average Bonchev–Trinajstić information content (AvgIpc) is 2.98. The lowest BCUT2D eigenvalue weighted by molar-refractivity contribution is 0.791. The molecule has 0 aliphatic carbocycles. The van der Waals surface area contributed by atoms with Crippen LogP contribution < -0.4 is 0 Å². The number of benzene rings is 1. The second-order valence-corrected chi connectivity index (χ2v) is 4.24. The number of aryl methyl sites for hydroxylation is 1. The fourth-order valence-corrected chi connectivity index (χ4v) is 1.81. The number of H-pyrrole nitrogens is 1. The number of halogens is 1. The topological polar surface area (TPSA) is 72.3 Å². The Hall–Kier alpha value is -2.21. The Morgan fingerprint density at radius 1 is 1.22 bits per heavy atom. The molecule has 3 rings (SSSR count). The van der Waals surface area contributed by atoms with Gasteiger partial charge in [-0.2, -0.15) is 9.78 Å². The van der Waals surface area contributed by atoms with Gasteiger partial charge in [0.25, 0.3) is 0 Å². The van der Waals surface area contributed by atoms with Crippen LogP contribution in [-0.4, -0.2) is 30.4 Å². The number of rotatable bonds is 2. The van der Waals surface area contributed by atoms with Gasteiger partial charge in [0.1, 0.15) is 0 Å². The molecule has 90 valence electrons. The minimum Gasteiger partial charge on any atom is -0.282 e. The maximum atomic E-state index is 5.86. The van der Waals surface area contributed by atoms with Crippen molar-refractivity contribution < 1.29 is 0 Å². The Bertz CT molecular complexity index is 669. The van der Waals surface area contributed by atoms with E-state index in [4.69, 9.17) is 11.6 Å². The summed E-state index contributed by atoms with van der Waals surface area (Å²) in [7, 11) is 0. The molecule has 1 N–H and O–H groups in total. The summed E-state index contributed by atoms with van der Waals surface area (Å²) in [4.78, 5) is 0. The lowest BCUT2D eigenvalue weighted by Crippen LogP contribution is -1.99. The number of aromatic amines is 1. The van der Waals surface area contributed by atoms with Gasteiger partial charge in [0, 0.05) is 10.7 Å². The van der Waals surface area contributed by atoms with Gasteiger partial charge >= 0.3 is 0 Å². The van der Waals surface area contributed by atoms with Crippen molar-refractivity contribution in [2.24, 2.45) is 0 Å². The molecule has 0 saturated heterocycles. The predicted octanol–water partition coefficient (Wildman–Crippen LogP) is 2.01. The van der Waals surface area contributed by atoms with E-state index in [1.807, 2.05) is 19.1 Å². The molecule has 0 spiro atoms. The average molecular weight is 261 g/mol. The highest BCUT2D eigenvalue weighted by Gasteiger charge is 2.14. The van der Waals surface area contributed by atoms with Crippen LogP contribution in [0.25, 0.3) is 17.1 Å². The van der Waals surface area contributed by atoms with Crippen molar-refractivity contribution in [3.8, 4) is 17.1 Å². The molecule has 2 heterocycles. The second-order valence-electron chi connectivity index (χ2n) is 3.80. The molecule has 0 amide bonds. The first-order chi connectivity index (χ1) is 8.75. The number of nitrogens with zero attached hydrogens (tertiary/aromatic N) is 5. The van der Waals surface area contributed by atoms with E-state index in [-0.39, 0.29) is 0 Å². The molecule has 6 nitrogen and oxygen atoms in total. The highest BCUT2D eigenvalue weighted by molar-refractivity contribution is 6.30. The molecule has 1 aromatic carbocycles. The normalized spacial score (nSPS) is 10.8. The maximum absolute atomic E-state index is 5.86. The molecule has 0 bridgehead atoms. The highest BCUT2D eigenvalue weighted by atomic mass is 35.5. The van der Waals surface area contributed by atoms with E-state index >= 15 is 0 Å². The summed E-state index contributed by atoms with van der Waals surface area (Å²) >= 11 is 5.86. The van der Waals surface area contributed by atoms with Crippen molar-refractivity contribution in [3.05, 3.63) is 41.2 Å². The van der Waals surface area contributed by atoms with Gasteiger partial charge in [-0.1, -0.05) is 11.6 Å². The van der Waals surface area contributed by atoms with Crippen molar-refractivity contribution in [1.29, 1.82) is 0 Å². The molecule has 7 heteroatoms. The predicted molar refractivity (Wildman–Crippen MR) is 66.5 cm³/mol. The van der Waals surface area contributed by atoms with E-state index in [1.165, 1.54) is 0 Å². The Kier molecular flexibility index (Phi) is 2.56. The molecular formula is C11H9ClN6. The third-order valence-electron chi connectivity index (χ3n) is 2.61. The summed E-state index contributed by atoms with van der Waals surface area (Å²) in [5.74, 6) is 0.642. The first-order valence-electron chi connectivity index (χ1n) is 5.30. The van der Waals surface area contributed by atoms with Gasteiger partial charge in [-0.25, -0.2) is 0 Å². The van der Waals surface area contributed by atoms with Gasteiger partial charge in [0.05, 0.1) is 17.4 Å². The Balaban J connectivity index is 2.12. The Morgan fingerprint density at radius 2 is 2.00 bits per heavy atom. The third kappa shape index (κ3) is 1.76. The van der Waals surface area contributed by atoms with Gasteiger partial charge in [-0.3, -0.25) is 5.10 Å². The summed E-state index contributed by atoms with van der Waals surface area (Å²) < 4.78 is 1.65. The molecular weight excluding hydrogens is 252 g/mol. The number of aromatic nitrogens is 6. The van der Waals surface area contributed by atoms with Gasteiger partial charge in [-0.05, 0) is 41.6 Å². The van der Waals surface area contributed by atoms with E-state index in [0.717, 1.165) is 16.9 Å². The molecule has 0 saturated carbocycles. The second kappa shape index (κ2) is 4.23. The highest BCUT2D eigenvalue weighted by Crippen LogP contribution is 2.21. The van der Waals surface area contributed by atoms with Crippen LogP contribution in [-0.2, 0) is 0 Å². The number of hydrogen-bond donors (Lipinski definition) is 1. The minimum atomic E-state index is 0.642. The molecule has 18 heavy (non-hydrogen) atoms. The largest absolute Gasteiger partial charge is 0.282 e. The zero-order chi connectivity index (χ0) is 12.5. The molecule has 0 aliphatic heterocycles. The zero-order valence-corrected chi connectivity index (χ0v) is 10.3. The lowest BCUT2D eigenvalue weighted by atomic mass is 10.2. The SMILES string of the molecule is Cc1[nH]ncc1-c1nnnn1-c1ccc(Cl)cc1. The van der Waals surface area contributed by atoms with Crippen LogP contribution in [0.4, 0.5) is 0 Å². The van der Waals surface area contributed by atoms with E-state index in [2.05, 4.69) is 25.7 Å². The fraction of sp³-hybridized carbons (Fsp3) is 0.0909. The fourth-order valence-electron chi connectivity index (χ4n) is 1.69. The number of nitrogens with one attached hydrogen (secondary N) is 1. The minimum absolute atomic E-state index is 0.642. The van der Waals surface area contributed by atoms with Gasteiger partial charge in [0.15, 0.2) is 5.82 Å². The summed E-state index contributed by atoms with van der Waals surface area (Å²) in [6.07, 6.45) is 1.70. The molecule has 0 atom stereocenters. The first-order valence-corrected chi connectivity index (χ1v) is 5.68. The molecule has 0 aliphatic rings. The monoisotopic (exact) mass is 260 g/mol. The van der Waals surface area contributed by atoms with Crippen LogP contribution in [0.2, 0.25) is 5.02 Å². The first kappa shape index (κ1) is 10.9. The van der Waals surface area contributed by atoms with Crippen LogP contribution >= 0.6 is 11.6 Å².